The average molecular weight is 534 g/mol. The van der Waals surface area contributed by atoms with Crippen molar-refractivity contribution in [3.05, 3.63) is 111 Å². The Morgan fingerprint density at radius 3 is 2.52 bits per heavy atom. The van der Waals surface area contributed by atoms with Crippen LogP contribution in [0.2, 0.25) is 0 Å². The highest BCUT2D eigenvalue weighted by Crippen LogP contribution is 2.48. The van der Waals surface area contributed by atoms with Crippen molar-refractivity contribution < 1.29 is 4.74 Å². The highest BCUT2D eigenvalue weighted by atomic mass is 79.9. The number of fused-ring (bicyclic) bond motifs is 4. The second-order valence-electron chi connectivity index (χ2n) is 7.92. The molecular formula is C26H18Br2N2O. The summed E-state index contributed by atoms with van der Waals surface area (Å²) in [6, 6.07) is 29.7. The van der Waals surface area contributed by atoms with E-state index in [1.165, 1.54) is 16.3 Å². The number of rotatable bonds is 2. The molecule has 152 valence electrons. The third-order valence-corrected chi connectivity index (χ3v) is 6.95. The van der Waals surface area contributed by atoms with Crippen LogP contribution in [-0.2, 0) is 0 Å². The van der Waals surface area contributed by atoms with E-state index in [2.05, 4.69) is 104 Å². The van der Waals surface area contributed by atoms with Gasteiger partial charge in [0.05, 0.1) is 11.8 Å². The van der Waals surface area contributed by atoms with Gasteiger partial charge in [-0.2, -0.15) is 5.10 Å². The summed E-state index contributed by atoms with van der Waals surface area (Å²) < 4.78 is 8.56. The van der Waals surface area contributed by atoms with Crippen LogP contribution in [0.3, 0.4) is 0 Å². The summed E-state index contributed by atoms with van der Waals surface area (Å²) in [6.07, 6.45) is 0.574. The molecule has 3 nitrogen and oxygen atoms in total. The summed E-state index contributed by atoms with van der Waals surface area (Å²) in [4.78, 5) is 0. The van der Waals surface area contributed by atoms with Crippen molar-refractivity contribution in [2.45, 2.75) is 18.7 Å². The van der Waals surface area contributed by atoms with E-state index in [0.29, 0.717) is 0 Å². The fourth-order valence-corrected chi connectivity index (χ4v) is 5.28. The third-order valence-electron chi connectivity index (χ3n) is 5.97. The Labute approximate surface area is 197 Å². The predicted molar refractivity (Wildman–Crippen MR) is 131 cm³/mol. The van der Waals surface area contributed by atoms with E-state index in [9.17, 15) is 0 Å². The summed E-state index contributed by atoms with van der Waals surface area (Å²) >= 11 is 7.22. The molecule has 0 fully saturated rings. The lowest BCUT2D eigenvalue weighted by atomic mass is 9.95. The standard InChI is InChI=1S/C26H18Br2N2O/c27-20-7-3-6-19(13-20)26-30-24(22-14-21(28)10-11-25(22)31-26)15-23(29-30)18-9-8-16-4-1-2-5-17(16)12-18/h1-14,24,26H,15H2/t24-,26+/m0/s1. The van der Waals surface area contributed by atoms with Crippen molar-refractivity contribution in [3.63, 3.8) is 0 Å². The van der Waals surface area contributed by atoms with Gasteiger partial charge >= 0.3 is 0 Å². The van der Waals surface area contributed by atoms with Gasteiger partial charge in [0, 0.05) is 26.5 Å². The lowest BCUT2D eigenvalue weighted by Crippen LogP contribution is -2.33. The van der Waals surface area contributed by atoms with Crippen LogP contribution >= 0.6 is 31.9 Å². The second kappa shape index (κ2) is 7.50. The molecule has 0 unspecified atom stereocenters. The molecule has 0 saturated heterocycles. The van der Waals surface area contributed by atoms with Crippen molar-refractivity contribution in [1.29, 1.82) is 0 Å². The van der Waals surface area contributed by atoms with Crippen molar-refractivity contribution in [2.24, 2.45) is 5.10 Å². The molecule has 0 spiro atoms. The van der Waals surface area contributed by atoms with Gasteiger partial charge in [0.25, 0.3) is 0 Å². The van der Waals surface area contributed by atoms with E-state index >= 15 is 0 Å². The summed E-state index contributed by atoms with van der Waals surface area (Å²) in [5.41, 5.74) is 4.50. The maximum absolute atomic E-state index is 6.47. The van der Waals surface area contributed by atoms with E-state index < -0.39 is 0 Å². The van der Waals surface area contributed by atoms with Crippen LogP contribution in [0, 0.1) is 0 Å². The molecule has 2 atom stereocenters. The summed E-state index contributed by atoms with van der Waals surface area (Å²) in [5.74, 6) is 0.921. The number of hydrogen-bond donors (Lipinski definition) is 0. The molecule has 2 heterocycles. The van der Waals surface area contributed by atoms with Crippen LogP contribution in [0.25, 0.3) is 10.8 Å². The molecule has 0 bridgehead atoms. The van der Waals surface area contributed by atoms with Crippen LogP contribution in [0.1, 0.15) is 35.4 Å². The Morgan fingerprint density at radius 1 is 0.806 bits per heavy atom. The summed E-state index contributed by atoms with van der Waals surface area (Å²) in [7, 11) is 0. The third kappa shape index (κ3) is 3.36. The van der Waals surface area contributed by atoms with Crippen LogP contribution in [0.4, 0.5) is 0 Å². The molecule has 6 rings (SSSR count). The van der Waals surface area contributed by atoms with Gasteiger partial charge in [0.15, 0.2) is 0 Å². The Hall–Kier alpha value is -2.63. The molecule has 31 heavy (non-hydrogen) atoms. The molecule has 2 aliphatic rings. The summed E-state index contributed by atoms with van der Waals surface area (Å²) in [5, 5.41) is 9.70. The number of benzene rings is 4. The van der Waals surface area contributed by atoms with Crippen molar-refractivity contribution >= 4 is 48.3 Å². The van der Waals surface area contributed by atoms with Crippen LogP contribution in [0.15, 0.2) is 99.0 Å². The van der Waals surface area contributed by atoms with Gasteiger partial charge in [-0.25, -0.2) is 5.01 Å². The molecular weight excluding hydrogens is 516 g/mol. The number of hydrogen-bond acceptors (Lipinski definition) is 3. The number of ether oxygens (including phenoxy) is 1. The molecule has 5 heteroatoms. The zero-order chi connectivity index (χ0) is 20.9. The molecule has 0 amide bonds. The van der Waals surface area contributed by atoms with Crippen LogP contribution < -0.4 is 4.74 Å². The lowest BCUT2D eigenvalue weighted by molar-refractivity contribution is -0.0191. The first-order valence-electron chi connectivity index (χ1n) is 10.2. The zero-order valence-corrected chi connectivity index (χ0v) is 19.7. The van der Waals surface area contributed by atoms with Crippen LogP contribution in [-0.4, -0.2) is 10.7 Å². The van der Waals surface area contributed by atoms with E-state index in [1.807, 2.05) is 18.2 Å². The monoisotopic (exact) mass is 532 g/mol. The van der Waals surface area contributed by atoms with Crippen molar-refractivity contribution in [2.75, 3.05) is 0 Å². The Bertz CT molecular complexity index is 1350. The van der Waals surface area contributed by atoms with E-state index in [4.69, 9.17) is 9.84 Å². The van der Waals surface area contributed by atoms with E-state index in [0.717, 1.165) is 38.0 Å². The van der Waals surface area contributed by atoms with Gasteiger partial charge in [-0.3, -0.25) is 0 Å². The molecule has 0 saturated carbocycles. The van der Waals surface area contributed by atoms with Gasteiger partial charge in [0.2, 0.25) is 6.23 Å². The molecule has 4 aromatic rings. The van der Waals surface area contributed by atoms with Gasteiger partial charge in [-0.1, -0.05) is 80.4 Å². The maximum atomic E-state index is 6.47. The predicted octanol–water partition coefficient (Wildman–Crippen LogP) is 7.61. The van der Waals surface area contributed by atoms with Gasteiger partial charge in [-0.15, -0.1) is 0 Å². The Morgan fingerprint density at radius 2 is 1.65 bits per heavy atom. The minimum Gasteiger partial charge on any atom is -0.464 e. The summed E-state index contributed by atoms with van der Waals surface area (Å²) in [6.45, 7) is 0. The number of hydrazone groups is 1. The minimum absolute atomic E-state index is 0.131. The van der Waals surface area contributed by atoms with Crippen LogP contribution in [0.5, 0.6) is 5.75 Å². The SMILES string of the molecule is Brc1cccc([C@H]2Oc3ccc(Br)cc3[C@@H]3CC(c4ccc5ccccc5c4)=NN23)c1. The molecule has 4 aromatic carbocycles. The first kappa shape index (κ1) is 19.1. The Kier molecular flexibility index (Phi) is 4.62. The highest BCUT2D eigenvalue weighted by molar-refractivity contribution is 9.10. The van der Waals surface area contributed by atoms with Gasteiger partial charge in [0.1, 0.15) is 5.75 Å². The first-order chi connectivity index (χ1) is 15.2. The fourth-order valence-electron chi connectivity index (χ4n) is 4.48. The average Bonchev–Trinajstić information content (AvgIpc) is 3.24. The molecule has 0 aromatic heterocycles. The van der Waals surface area contributed by atoms with E-state index in [-0.39, 0.29) is 12.3 Å². The molecule has 0 N–H and O–H groups in total. The topological polar surface area (TPSA) is 24.8 Å². The highest BCUT2D eigenvalue weighted by Gasteiger charge is 2.41. The number of halogens is 2. The number of nitrogens with zero attached hydrogens (tertiary/aromatic N) is 2. The second-order valence-corrected chi connectivity index (χ2v) is 9.75. The maximum Gasteiger partial charge on any atom is 0.213 e. The van der Waals surface area contributed by atoms with Crippen molar-refractivity contribution in [3.8, 4) is 5.75 Å². The van der Waals surface area contributed by atoms with Gasteiger partial charge < -0.3 is 4.74 Å². The van der Waals surface area contributed by atoms with E-state index in [1.54, 1.807) is 0 Å². The smallest absolute Gasteiger partial charge is 0.213 e. The first-order valence-corrected chi connectivity index (χ1v) is 11.8. The quantitative estimate of drug-likeness (QED) is 0.265. The fraction of sp³-hybridized carbons (Fsp3) is 0.115. The lowest BCUT2D eigenvalue weighted by Gasteiger charge is -2.38. The van der Waals surface area contributed by atoms with Gasteiger partial charge in [-0.05, 0) is 52.7 Å². The van der Waals surface area contributed by atoms with Crippen molar-refractivity contribution in [1.82, 2.24) is 5.01 Å². The molecule has 0 aliphatic carbocycles. The minimum atomic E-state index is -0.269. The Balaban J connectivity index is 1.46. The molecule has 0 radical (unpaired) electrons. The largest absolute Gasteiger partial charge is 0.464 e. The molecule has 2 aliphatic heterocycles. The zero-order valence-electron chi connectivity index (χ0n) is 16.5. The normalized spacial score (nSPS) is 19.5.